The molecular weight excluding hydrogens is 501 g/mol. The maximum absolute atomic E-state index is 11.8. The molecule has 162 valence electrons. The van der Waals surface area contributed by atoms with Gasteiger partial charge >= 0.3 is 0 Å². The number of halogens is 1. The summed E-state index contributed by atoms with van der Waals surface area (Å²) in [5.74, 6) is 1.40. The van der Waals surface area contributed by atoms with E-state index in [2.05, 4.69) is 15.6 Å². The molecule has 6 nitrogen and oxygen atoms in total. The Kier molecular flexibility index (Phi) is 6.85. The first-order valence-electron chi connectivity index (χ1n) is 10.2. The van der Waals surface area contributed by atoms with E-state index in [9.17, 15) is 8.42 Å². The molecule has 0 radical (unpaired) electrons. The highest BCUT2D eigenvalue weighted by atomic mass is 127. The second kappa shape index (κ2) is 8.70. The van der Waals surface area contributed by atoms with Gasteiger partial charge in [0.25, 0.3) is 0 Å². The Morgan fingerprint density at radius 3 is 2.66 bits per heavy atom. The number of hydrogen-bond acceptors (Lipinski definition) is 4. The lowest BCUT2D eigenvalue weighted by molar-refractivity contribution is -0.125. The van der Waals surface area contributed by atoms with Crippen molar-refractivity contribution in [2.45, 2.75) is 62.6 Å². The zero-order valence-corrected chi connectivity index (χ0v) is 20.5. The van der Waals surface area contributed by atoms with E-state index in [0.29, 0.717) is 29.5 Å². The summed E-state index contributed by atoms with van der Waals surface area (Å²) in [6, 6.07) is 5.92. The second-order valence-electron chi connectivity index (χ2n) is 8.60. The fraction of sp³-hybridized carbons (Fsp3) is 0.667. The third kappa shape index (κ3) is 4.17. The molecule has 3 fully saturated rings. The van der Waals surface area contributed by atoms with E-state index >= 15 is 0 Å². The Bertz CT molecular complexity index is 881. The van der Waals surface area contributed by atoms with Gasteiger partial charge in [-0.25, -0.2) is 8.42 Å². The normalized spacial score (nSPS) is 27.8. The number of aliphatic imine (C=N–C) groups is 1. The summed E-state index contributed by atoms with van der Waals surface area (Å²) in [6.45, 7) is 3.33. The van der Waals surface area contributed by atoms with Crippen LogP contribution >= 0.6 is 24.0 Å². The highest BCUT2D eigenvalue weighted by Gasteiger charge is 2.65. The zero-order chi connectivity index (χ0) is 19.9. The van der Waals surface area contributed by atoms with Gasteiger partial charge < -0.3 is 15.4 Å². The van der Waals surface area contributed by atoms with E-state index in [1.807, 2.05) is 19.1 Å². The van der Waals surface area contributed by atoms with Gasteiger partial charge in [0.05, 0.1) is 11.0 Å². The Labute approximate surface area is 191 Å². The quantitative estimate of drug-likeness (QED) is 0.354. The summed E-state index contributed by atoms with van der Waals surface area (Å²) in [5.41, 5.74) is 2.10. The molecule has 0 bridgehead atoms. The largest absolute Gasteiger partial charge is 0.377 e. The summed E-state index contributed by atoms with van der Waals surface area (Å²) in [7, 11) is -1.39. The molecule has 4 rings (SSSR count). The number of hydrogen-bond donors (Lipinski definition) is 2. The van der Waals surface area contributed by atoms with Crippen LogP contribution in [0.3, 0.4) is 0 Å². The smallest absolute Gasteiger partial charge is 0.191 e. The number of fused-ring (bicyclic) bond motifs is 2. The molecular formula is C21H32IN3O3S. The Morgan fingerprint density at radius 1 is 1.31 bits per heavy atom. The van der Waals surface area contributed by atoms with Crippen LogP contribution < -0.4 is 10.6 Å². The maximum Gasteiger partial charge on any atom is 0.191 e. The molecule has 0 aromatic heterocycles. The fourth-order valence-electron chi connectivity index (χ4n) is 5.67. The fourth-order valence-corrected chi connectivity index (χ4v) is 6.63. The second-order valence-corrected chi connectivity index (χ2v) is 10.6. The maximum atomic E-state index is 11.8. The van der Waals surface area contributed by atoms with Gasteiger partial charge in [-0.15, -0.1) is 24.0 Å². The summed E-state index contributed by atoms with van der Waals surface area (Å²) < 4.78 is 29.7. The molecule has 29 heavy (non-hydrogen) atoms. The number of rotatable bonds is 4. The lowest BCUT2D eigenvalue weighted by Crippen LogP contribution is -2.69. The first-order chi connectivity index (χ1) is 13.3. The van der Waals surface area contributed by atoms with Crippen LogP contribution in [-0.2, 0) is 21.1 Å². The standard InChI is InChI=1S/C21H31N3O3S.HI/c1-14-12-15(6-7-17(14)28(3,25)26)13-23-20(22-2)24-18-16-8-11-27-19(16)21(18)9-4-5-10-21;/h6-7,12,16,18-19H,4-5,8-11,13H2,1-3H3,(H2,22,23,24);1H. The zero-order valence-electron chi connectivity index (χ0n) is 17.4. The molecule has 2 aliphatic carbocycles. The average Bonchev–Trinajstić information content (AvgIpc) is 3.29. The lowest BCUT2D eigenvalue weighted by Gasteiger charge is -2.57. The molecule has 1 spiro atoms. The minimum Gasteiger partial charge on any atom is -0.377 e. The van der Waals surface area contributed by atoms with Crippen molar-refractivity contribution in [1.82, 2.24) is 10.6 Å². The van der Waals surface area contributed by atoms with Crippen LogP contribution in [0, 0.1) is 18.3 Å². The van der Waals surface area contributed by atoms with Crippen molar-refractivity contribution < 1.29 is 13.2 Å². The van der Waals surface area contributed by atoms with Gasteiger partial charge in [0.15, 0.2) is 15.8 Å². The van der Waals surface area contributed by atoms with Gasteiger partial charge in [-0.3, -0.25) is 4.99 Å². The minimum absolute atomic E-state index is 0. The number of sulfone groups is 1. The Balaban J connectivity index is 0.00000240. The van der Waals surface area contributed by atoms with Crippen LogP contribution in [0.2, 0.25) is 0 Å². The van der Waals surface area contributed by atoms with E-state index in [-0.39, 0.29) is 29.4 Å². The van der Waals surface area contributed by atoms with Gasteiger partial charge in [0.1, 0.15) is 0 Å². The number of nitrogens with one attached hydrogen (secondary N) is 2. The van der Waals surface area contributed by atoms with E-state index in [1.165, 1.54) is 31.9 Å². The molecule has 1 saturated heterocycles. The molecule has 1 aliphatic heterocycles. The minimum atomic E-state index is -3.19. The van der Waals surface area contributed by atoms with Crippen LogP contribution in [-0.4, -0.2) is 46.4 Å². The molecule has 2 saturated carbocycles. The predicted octanol–water partition coefficient (Wildman–Crippen LogP) is 3.03. The molecule has 2 N–H and O–H groups in total. The summed E-state index contributed by atoms with van der Waals surface area (Å²) >= 11 is 0. The highest BCUT2D eigenvalue weighted by Crippen LogP contribution is 2.60. The first kappa shape index (κ1) is 22.8. The van der Waals surface area contributed by atoms with Crippen molar-refractivity contribution >= 4 is 39.8 Å². The average molecular weight is 533 g/mol. The van der Waals surface area contributed by atoms with Gasteiger partial charge in [0, 0.05) is 43.8 Å². The third-order valence-electron chi connectivity index (χ3n) is 6.90. The van der Waals surface area contributed by atoms with Crippen LogP contribution in [0.1, 0.15) is 43.2 Å². The van der Waals surface area contributed by atoms with Gasteiger partial charge in [-0.2, -0.15) is 0 Å². The van der Waals surface area contributed by atoms with Gasteiger partial charge in [-0.05, 0) is 43.4 Å². The molecule has 3 unspecified atom stereocenters. The van der Waals surface area contributed by atoms with Crippen LogP contribution in [0.4, 0.5) is 0 Å². The molecule has 1 aromatic rings. The molecule has 3 atom stereocenters. The Hall–Kier alpha value is -0.870. The Morgan fingerprint density at radius 2 is 2.03 bits per heavy atom. The topological polar surface area (TPSA) is 79.8 Å². The number of aryl methyl sites for hydroxylation is 1. The number of nitrogens with zero attached hydrogens (tertiary/aromatic N) is 1. The van der Waals surface area contributed by atoms with Crippen LogP contribution in [0.15, 0.2) is 28.1 Å². The van der Waals surface area contributed by atoms with Crippen LogP contribution in [0.5, 0.6) is 0 Å². The first-order valence-corrected chi connectivity index (χ1v) is 12.1. The van der Waals surface area contributed by atoms with Crippen molar-refractivity contribution in [3.63, 3.8) is 0 Å². The van der Waals surface area contributed by atoms with E-state index in [4.69, 9.17) is 4.74 Å². The van der Waals surface area contributed by atoms with Gasteiger partial charge in [-0.1, -0.05) is 25.0 Å². The van der Waals surface area contributed by atoms with Crippen molar-refractivity contribution in [2.24, 2.45) is 16.3 Å². The van der Waals surface area contributed by atoms with Crippen molar-refractivity contribution in [2.75, 3.05) is 19.9 Å². The SMILES string of the molecule is CN=C(NCc1ccc(S(C)(=O)=O)c(C)c1)NC1C2CCOC2C12CCCC2.I. The number of benzene rings is 1. The van der Waals surface area contributed by atoms with Crippen LogP contribution in [0.25, 0.3) is 0 Å². The predicted molar refractivity (Wildman–Crippen MR) is 126 cm³/mol. The van der Waals surface area contributed by atoms with E-state index in [1.54, 1.807) is 13.1 Å². The molecule has 0 amide bonds. The van der Waals surface area contributed by atoms with Crippen molar-refractivity contribution in [3.05, 3.63) is 29.3 Å². The van der Waals surface area contributed by atoms with E-state index < -0.39 is 9.84 Å². The summed E-state index contributed by atoms with van der Waals surface area (Å²) in [4.78, 5) is 4.82. The molecule has 3 aliphatic rings. The molecule has 1 aromatic carbocycles. The van der Waals surface area contributed by atoms with Gasteiger partial charge in [0.2, 0.25) is 0 Å². The van der Waals surface area contributed by atoms with E-state index in [0.717, 1.165) is 30.1 Å². The summed E-state index contributed by atoms with van der Waals surface area (Å²) in [6.07, 6.45) is 7.89. The monoisotopic (exact) mass is 533 g/mol. The highest BCUT2D eigenvalue weighted by molar-refractivity contribution is 14.0. The number of ether oxygens (including phenoxy) is 1. The third-order valence-corrected chi connectivity index (χ3v) is 8.16. The molecule has 8 heteroatoms. The van der Waals surface area contributed by atoms with Crippen molar-refractivity contribution in [3.8, 4) is 0 Å². The summed E-state index contributed by atoms with van der Waals surface area (Å²) in [5, 5.41) is 7.10. The van der Waals surface area contributed by atoms with Crippen molar-refractivity contribution in [1.29, 1.82) is 0 Å². The molecule has 1 heterocycles. The lowest BCUT2D eigenvalue weighted by atomic mass is 9.54. The number of guanidine groups is 1.